The van der Waals surface area contributed by atoms with Gasteiger partial charge < -0.3 is 25.0 Å². The molecule has 1 aliphatic heterocycles. The molecule has 0 radical (unpaired) electrons. The zero-order valence-electron chi connectivity index (χ0n) is 18.3. The van der Waals surface area contributed by atoms with Crippen LogP contribution in [0.2, 0.25) is 0 Å². The zero-order chi connectivity index (χ0) is 21.6. The first-order valence-corrected chi connectivity index (χ1v) is 11.2. The number of hydrogen-bond donors (Lipinski definition) is 2. The molecule has 2 fully saturated rings. The molecule has 2 aromatic rings. The summed E-state index contributed by atoms with van der Waals surface area (Å²) < 4.78 is 11.9. The van der Waals surface area contributed by atoms with E-state index in [9.17, 15) is 4.79 Å². The van der Waals surface area contributed by atoms with Gasteiger partial charge in [0.05, 0.1) is 23.6 Å². The quantitative estimate of drug-likeness (QED) is 0.722. The summed E-state index contributed by atoms with van der Waals surface area (Å²) in [5, 5.41) is 5.95. The van der Waals surface area contributed by atoms with E-state index in [2.05, 4.69) is 34.4 Å². The van der Waals surface area contributed by atoms with Gasteiger partial charge in [-0.15, -0.1) is 0 Å². The Labute approximate surface area is 184 Å². The van der Waals surface area contributed by atoms with Crippen molar-refractivity contribution in [1.82, 2.24) is 10.3 Å². The van der Waals surface area contributed by atoms with E-state index in [1.54, 1.807) is 6.20 Å². The topological polar surface area (TPSA) is 75.7 Å². The number of anilines is 2. The van der Waals surface area contributed by atoms with Crippen LogP contribution >= 0.6 is 0 Å². The van der Waals surface area contributed by atoms with Crippen LogP contribution in [0.3, 0.4) is 0 Å². The summed E-state index contributed by atoms with van der Waals surface area (Å²) in [4.78, 5) is 19.3. The standard InChI is InChI=1S/C24H32N4O3/c1-17-15-28(16-18(2)30-17)22-12-6-5-11-21(22)27-24(29)26-14-19-8-7-13-25-23(19)31-20-9-3-4-10-20/h5-8,11-13,17-18,20H,3-4,9-10,14-16H2,1-2H3,(H2,26,27,29). The van der Waals surface area contributed by atoms with Gasteiger partial charge in [-0.3, -0.25) is 0 Å². The number of benzene rings is 1. The second kappa shape index (κ2) is 10.0. The van der Waals surface area contributed by atoms with E-state index in [0.29, 0.717) is 12.4 Å². The monoisotopic (exact) mass is 424 g/mol. The van der Waals surface area contributed by atoms with Crippen molar-refractivity contribution in [3.63, 3.8) is 0 Å². The maximum atomic E-state index is 12.7. The molecule has 2 N–H and O–H groups in total. The predicted octanol–water partition coefficient (Wildman–Crippen LogP) is 4.34. The fourth-order valence-corrected chi connectivity index (χ4v) is 4.40. The van der Waals surface area contributed by atoms with Crippen molar-refractivity contribution >= 4 is 17.4 Å². The molecule has 2 heterocycles. The molecule has 1 aromatic carbocycles. The van der Waals surface area contributed by atoms with Crippen LogP contribution in [-0.2, 0) is 11.3 Å². The van der Waals surface area contributed by atoms with Crippen LogP contribution in [0.15, 0.2) is 42.6 Å². The molecule has 1 saturated carbocycles. The Balaban J connectivity index is 1.38. The van der Waals surface area contributed by atoms with Crippen LogP contribution in [0, 0.1) is 0 Å². The van der Waals surface area contributed by atoms with Crippen molar-refractivity contribution < 1.29 is 14.3 Å². The van der Waals surface area contributed by atoms with Crippen molar-refractivity contribution in [2.24, 2.45) is 0 Å². The maximum Gasteiger partial charge on any atom is 0.319 e. The number of aromatic nitrogens is 1. The second-order valence-electron chi connectivity index (χ2n) is 8.48. The van der Waals surface area contributed by atoms with Gasteiger partial charge >= 0.3 is 6.03 Å². The summed E-state index contributed by atoms with van der Waals surface area (Å²) in [6.07, 6.45) is 6.80. The number of nitrogens with one attached hydrogen (secondary N) is 2. The smallest absolute Gasteiger partial charge is 0.319 e. The zero-order valence-corrected chi connectivity index (χ0v) is 18.3. The number of urea groups is 1. The van der Waals surface area contributed by atoms with E-state index in [0.717, 1.165) is 42.9 Å². The number of morpholine rings is 1. The number of nitrogens with zero attached hydrogens (tertiary/aromatic N) is 2. The van der Waals surface area contributed by atoms with Crippen LogP contribution in [0.4, 0.5) is 16.2 Å². The Morgan fingerprint density at radius 1 is 1.13 bits per heavy atom. The molecule has 2 atom stereocenters. The van der Waals surface area contributed by atoms with E-state index < -0.39 is 0 Å². The van der Waals surface area contributed by atoms with E-state index in [1.807, 2.05) is 36.4 Å². The Hall–Kier alpha value is -2.80. The number of pyridine rings is 1. The molecule has 2 amide bonds. The minimum absolute atomic E-state index is 0.148. The van der Waals surface area contributed by atoms with Gasteiger partial charge in [-0.05, 0) is 57.7 Å². The maximum absolute atomic E-state index is 12.7. The number of ether oxygens (including phenoxy) is 2. The van der Waals surface area contributed by atoms with E-state index in [1.165, 1.54) is 12.8 Å². The molecule has 7 heteroatoms. The highest BCUT2D eigenvalue weighted by atomic mass is 16.5. The van der Waals surface area contributed by atoms with Gasteiger partial charge in [0.15, 0.2) is 0 Å². The van der Waals surface area contributed by atoms with Crippen molar-refractivity contribution in [3.8, 4) is 5.88 Å². The molecule has 31 heavy (non-hydrogen) atoms. The van der Waals surface area contributed by atoms with Crippen molar-refractivity contribution in [2.75, 3.05) is 23.3 Å². The number of carbonyl (C=O) groups is 1. The molecule has 1 saturated heterocycles. The number of rotatable bonds is 6. The van der Waals surface area contributed by atoms with Crippen LogP contribution in [0.5, 0.6) is 5.88 Å². The normalized spacial score (nSPS) is 21.7. The summed E-state index contributed by atoms with van der Waals surface area (Å²) in [6, 6.07) is 11.5. The third kappa shape index (κ3) is 5.67. The first-order valence-electron chi connectivity index (χ1n) is 11.2. The highest BCUT2D eigenvalue weighted by Crippen LogP contribution is 2.29. The fourth-order valence-electron chi connectivity index (χ4n) is 4.40. The van der Waals surface area contributed by atoms with Crippen molar-refractivity contribution in [1.29, 1.82) is 0 Å². The van der Waals surface area contributed by atoms with Crippen LogP contribution in [-0.4, -0.2) is 42.4 Å². The number of hydrogen-bond acceptors (Lipinski definition) is 5. The lowest BCUT2D eigenvalue weighted by molar-refractivity contribution is -0.00517. The Morgan fingerprint density at radius 2 is 1.87 bits per heavy atom. The summed E-state index contributed by atoms with van der Waals surface area (Å²) in [5.74, 6) is 0.617. The highest BCUT2D eigenvalue weighted by molar-refractivity contribution is 5.93. The third-order valence-electron chi connectivity index (χ3n) is 5.78. The molecular weight excluding hydrogens is 392 g/mol. The molecule has 0 spiro atoms. The van der Waals surface area contributed by atoms with Gasteiger partial charge in [0.1, 0.15) is 6.10 Å². The number of carbonyl (C=O) groups excluding carboxylic acids is 1. The summed E-state index contributed by atoms with van der Waals surface area (Å²) in [5.41, 5.74) is 2.68. The largest absolute Gasteiger partial charge is 0.474 e. The number of amides is 2. The first kappa shape index (κ1) is 21.4. The summed E-state index contributed by atoms with van der Waals surface area (Å²) in [7, 11) is 0. The molecule has 4 rings (SSSR count). The summed E-state index contributed by atoms with van der Waals surface area (Å²) in [6.45, 7) is 6.09. The van der Waals surface area contributed by atoms with Gasteiger partial charge in [-0.2, -0.15) is 0 Å². The Morgan fingerprint density at radius 3 is 2.65 bits per heavy atom. The van der Waals surface area contributed by atoms with E-state index in [4.69, 9.17) is 9.47 Å². The molecular formula is C24H32N4O3. The number of para-hydroxylation sites is 2. The van der Waals surface area contributed by atoms with Gasteiger partial charge in [-0.25, -0.2) is 9.78 Å². The van der Waals surface area contributed by atoms with Gasteiger partial charge in [0.25, 0.3) is 0 Å². The lowest BCUT2D eigenvalue weighted by Crippen LogP contribution is -2.45. The average Bonchev–Trinajstić information content (AvgIpc) is 3.26. The molecule has 1 aliphatic carbocycles. The van der Waals surface area contributed by atoms with E-state index in [-0.39, 0.29) is 24.3 Å². The Kier molecular flexibility index (Phi) is 6.92. The van der Waals surface area contributed by atoms with Crippen molar-refractivity contribution in [3.05, 3.63) is 48.2 Å². The first-order chi connectivity index (χ1) is 15.1. The third-order valence-corrected chi connectivity index (χ3v) is 5.78. The van der Waals surface area contributed by atoms with Gasteiger partial charge in [0, 0.05) is 31.4 Å². The molecule has 0 bridgehead atoms. The van der Waals surface area contributed by atoms with Gasteiger partial charge in [0.2, 0.25) is 5.88 Å². The fraction of sp³-hybridized carbons (Fsp3) is 0.500. The van der Waals surface area contributed by atoms with Crippen LogP contribution in [0.1, 0.15) is 45.1 Å². The molecule has 166 valence electrons. The lowest BCUT2D eigenvalue weighted by atomic mass is 10.1. The molecule has 2 unspecified atom stereocenters. The molecule has 2 aliphatic rings. The van der Waals surface area contributed by atoms with E-state index >= 15 is 0 Å². The van der Waals surface area contributed by atoms with Crippen LogP contribution in [0.25, 0.3) is 0 Å². The summed E-state index contributed by atoms with van der Waals surface area (Å²) >= 11 is 0. The predicted molar refractivity (Wildman–Crippen MR) is 122 cm³/mol. The second-order valence-corrected chi connectivity index (χ2v) is 8.48. The van der Waals surface area contributed by atoms with Crippen molar-refractivity contribution in [2.45, 2.75) is 64.4 Å². The Bertz CT molecular complexity index is 875. The molecule has 1 aromatic heterocycles. The van der Waals surface area contributed by atoms with Gasteiger partial charge in [-0.1, -0.05) is 18.2 Å². The lowest BCUT2D eigenvalue weighted by Gasteiger charge is -2.37. The highest BCUT2D eigenvalue weighted by Gasteiger charge is 2.24. The molecule has 7 nitrogen and oxygen atoms in total. The minimum Gasteiger partial charge on any atom is -0.474 e. The van der Waals surface area contributed by atoms with Crippen LogP contribution < -0.4 is 20.3 Å². The SMILES string of the molecule is CC1CN(c2ccccc2NC(=O)NCc2cccnc2OC2CCCC2)CC(C)O1. The minimum atomic E-state index is -0.252. The average molecular weight is 425 g/mol.